The SMILES string of the molecule is C=C.CCCCCOC[Si](C)(O[Si](C)(C)O[Si](C)(C)C)O[Si](C)(CC(N)=O)O[Si](C)(C)O[Si](C)(C)C.CCCN(C)C. The van der Waals surface area contributed by atoms with E-state index < -0.39 is 56.8 Å². The van der Waals surface area contributed by atoms with E-state index in [2.05, 4.69) is 98.4 Å². The third kappa shape index (κ3) is 29.0. The molecule has 0 saturated carbocycles. The van der Waals surface area contributed by atoms with Gasteiger partial charge in [0.1, 0.15) is 0 Å². The molecule has 0 radical (unpaired) electrons. The molecule has 0 bridgehead atoms. The molecule has 15 heteroatoms. The van der Waals surface area contributed by atoms with Crippen LogP contribution in [0.4, 0.5) is 0 Å². The van der Waals surface area contributed by atoms with Crippen LogP contribution in [-0.2, 0) is 30.1 Å². The molecule has 2 unspecified atom stereocenters. The lowest BCUT2D eigenvalue weighted by molar-refractivity contribution is -0.116. The molecule has 0 aromatic rings. The third-order valence-corrected chi connectivity index (χ3v) is 26.3. The molecule has 0 aliphatic rings. The van der Waals surface area contributed by atoms with Gasteiger partial charge in [0.25, 0.3) is 0 Å². The zero-order valence-electron chi connectivity index (χ0n) is 30.5. The van der Waals surface area contributed by atoms with E-state index in [1.165, 1.54) is 13.0 Å². The molecule has 0 spiro atoms. The molecule has 0 heterocycles. The minimum atomic E-state index is -3.10. The molecule has 0 aromatic carbocycles. The van der Waals surface area contributed by atoms with Crippen LogP contribution in [0.2, 0.25) is 84.6 Å². The Labute approximate surface area is 267 Å². The van der Waals surface area contributed by atoms with E-state index in [0.717, 1.165) is 19.3 Å². The quantitative estimate of drug-likeness (QED) is 0.0803. The minimum absolute atomic E-state index is 0.0388. The van der Waals surface area contributed by atoms with Crippen molar-refractivity contribution in [3.8, 4) is 0 Å². The largest absolute Gasteiger partial charge is 0.437 e. The molecule has 2 N–H and O–H groups in total. The molecular weight excluding hydrogens is 633 g/mol. The van der Waals surface area contributed by atoms with E-state index in [1.807, 2.05) is 26.2 Å². The number of ether oxygens (including phenoxy) is 1. The normalized spacial score (nSPS) is 15.5. The predicted octanol–water partition coefficient (Wildman–Crippen LogP) is 7.28. The number of carbonyl (C=O) groups is 1. The van der Waals surface area contributed by atoms with Crippen LogP contribution in [0.15, 0.2) is 13.2 Å². The Kier molecular flexibility index (Phi) is 23.4. The summed E-state index contributed by atoms with van der Waals surface area (Å²) in [6.45, 7) is 37.1. The molecule has 254 valence electrons. The summed E-state index contributed by atoms with van der Waals surface area (Å²) < 4.78 is 39.1. The Hall–Kier alpha value is 0.231. The second-order valence-electron chi connectivity index (χ2n) is 14.0. The second kappa shape index (κ2) is 21.1. The number of hydrogen-bond donors (Lipinski definition) is 1. The molecule has 2 atom stereocenters. The second-order valence-corrected chi connectivity index (χ2v) is 37.3. The van der Waals surface area contributed by atoms with Crippen LogP contribution in [0.1, 0.15) is 39.5 Å². The fourth-order valence-electron chi connectivity index (χ4n) is 4.66. The number of rotatable bonds is 20. The summed E-state index contributed by atoms with van der Waals surface area (Å²) in [6, 6.07) is 0.0388. The average Bonchev–Trinajstić information content (AvgIpc) is 2.69. The van der Waals surface area contributed by atoms with Crippen molar-refractivity contribution in [1.82, 2.24) is 4.90 Å². The maximum absolute atomic E-state index is 12.1. The zero-order valence-corrected chi connectivity index (χ0v) is 36.5. The molecule has 9 nitrogen and oxygen atoms in total. The summed E-state index contributed by atoms with van der Waals surface area (Å²) >= 11 is 0. The number of unbranched alkanes of at least 4 members (excludes halogenated alkanes) is 2. The van der Waals surface area contributed by atoms with Crippen LogP contribution >= 0.6 is 0 Å². The highest BCUT2D eigenvalue weighted by Crippen LogP contribution is 2.29. The lowest BCUT2D eigenvalue weighted by Gasteiger charge is -2.44. The number of hydrogen-bond acceptors (Lipinski definition) is 8. The molecule has 0 aliphatic carbocycles. The molecule has 1 amide bonds. The van der Waals surface area contributed by atoms with E-state index in [1.54, 1.807) is 0 Å². The van der Waals surface area contributed by atoms with Gasteiger partial charge in [0.15, 0.2) is 16.6 Å². The molecule has 0 aromatic heterocycles. The maximum Gasteiger partial charge on any atom is 0.344 e. The smallest absolute Gasteiger partial charge is 0.344 e. The van der Waals surface area contributed by atoms with Crippen LogP contribution in [-0.4, -0.2) is 95.2 Å². The topological polar surface area (TPSA) is 102 Å². The van der Waals surface area contributed by atoms with Gasteiger partial charge in [0.05, 0.1) is 12.3 Å². The van der Waals surface area contributed by atoms with Crippen LogP contribution < -0.4 is 5.73 Å². The molecule has 0 aliphatic heterocycles. The molecule has 42 heavy (non-hydrogen) atoms. The van der Waals surface area contributed by atoms with Gasteiger partial charge in [-0.15, -0.1) is 13.2 Å². The van der Waals surface area contributed by atoms with Crippen LogP contribution in [0.3, 0.4) is 0 Å². The molecule has 0 fully saturated rings. The number of nitrogens with two attached hydrogens (primary N) is 1. The first-order valence-corrected chi connectivity index (χ1v) is 32.8. The molecule has 0 rings (SSSR count). The fourth-order valence-corrected chi connectivity index (χ4v) is 32.8. The average molecular weight is 703 g/mol. The Balaban J connectivity index is -0.00000167. The first-order valence-electron chi connectivity index (χ1n) is 15.3. The maximum atomic E-state index is 12.1. The van der Waals surface area contributed by atoms with Gasteiger partial charge in [0.2, 0.25) is 5.91 Å². The van der Waals surface area contributed by atoms with E-state index in [0.29, 0.717) is 12.8 Å². The Morgan fingerprint density at radius 1 is 0.667 bits per heavy atom. The van der Waals surface area contributed by atoms with E-state index in [9.17, 15) is 4.79 Å². The number of carbonyl (C=O) groups excluding carboxylic acids is 1. The number of primary amides is 1. The Morgan fingerprint density at radius 3 is 1.40 bits per heavy atom. The highest BCUT2D eigenvalue weighted by atomic mass is 28.5. The van der Waals surface area contributed by atoms with E-state index >= 15 is 0 Å². The lowest BCUT2D eigenvalue weighted by atomic mass is 10.3. The van der Waals surface area contributed by atoms with Gasteiger partial charge in [0, 0.05) is 6.61 Å². The van der Waals surface area contributed by atoms with Crippen molar-refractivity contribution in [3.63, 3.8) is 0 Å². The number of nitrogens with zero attached hydrogens (tertiary/aromatic N) is 1. The first-order chi connectivity index (χ1) is 18.8. The lowest BCUT2D eigenvalue weighted by Crippen LogP contribution is -2.64. The van der Waals surface area contributed by atoms with Gasteiger partial charge in [-0.05, 0) is 112 Å². The minimum Gasteiger partial charge on any atom is -0.437 e. The van der Waals surface area contributed by atoms with Gasteiger partial charge in [-0.3, -0.25) is 4.79 Å². The monoisotopic (exact) mass is 702 g/mol. The van der Waals surface area contributed by atoms with Crippen molar-refractivity contribution in [2.24, 2.45) is 5.73 Å². The Morgan fingerprint density at radius 2 is 1.10 bits per heavy atom. The summed E-state index contributed by atoms with van der Waals surface area (Å²) in [7, 11) is -10.7. The van der Waals surface area contributed by atoms with Gasteiger partial charge in [-0.25, -0.2) is 0 Å². The van der Waals surface area contributed by atoms with Crippen LogP contribution in [0.25, 0.3) is 0 Å². The van der Waals surface area contributed by atoms with Crippen LogP contribution in [0.5, 0.6) is 0 Å². The first kappa shape index (κ1) is 46.6. The molecular formula is C27H70N2O7Si6. The van der Waals surface area contributed by atoms with Crippen molar-refractivity contribution in [3.05, 3.63) is 13.2 Å². The van der Waals surface area contributed by atoms with Gasteiger partial charge >= 0.3 is 34.2 Å². The zero-order chi connectivity index (χ0) is 34.1. The van der Waals surface area contributed by atoms with Crippen molar-refractivity contribution in [2.45, 2.75) is 124 Å². The van der Waals surface area contributed by atoms with E-state index in [-0.39, 0.29) is 6.04 Å². The summed E-state index contributed by atoms with van der Waals surface area (Å²) in [6.07, 6.45) is 4.84. The summed E-state index contributed by atoms with van der Waals surface area (Å²) in [5, 5.41) is 0. The summed E-state index contributed by atoms with van der Waals surface area (Å²) in [4.78, 5) is 14.3. The Bertz CT molecular complexity index is 737. The van der Waals surface area contributed by atoms with Gasteiger partial charge in [-0.2, -0.15) is 0 Å². The van der Waals surface area contributed by atoms with Gasteiger partial charge < -0.3 is 35.9 Å². The predicted molar refractivity (Wildman–Crippen MR) is 195 cm³/mol. The molecule has 0 saturated heterocycles. The van der Waals surface area contributed by atoms with Gasteiger partial charge in [-0.1, -0.05) is 26.7 Å². The fraction of sp³-hybridized carbons (Fsp3) is 0.889. The van der Waals surface area contributed by atoms with Crippen molar-refractivity contribution in [1.29, 1.82) is 0 Å². The van der Waals surface area contributed by atoms with Crippen LogP contribution in [0, 0.1) is 0 Å². The van der Waals surface area contributed by atoms with Crippen molar-refractivity contribution in [2.75, 3.05) is 33.5 Å². The van der Waals surface area contributed by atoms with E-state index in [4.69, 9.17) is 31.0 Å². The summed E-state index contributed by atoms with van der Waals surface area (Å²) in [5.41, 5.74) is 5.66. The highest BCUT2D eigenvalue weighted by molar-refractivity contribution is 6.92. The number of amides is 1. The van der Waals surface area contributed by atoms with Crippen molar-refractivity contribution >= 4 is 56.8 Å². The highest BCUT2D eigenvalue weighted by Gasteiger charge is 2.51. The third-order valence-electron chi connectivity index (χ3n) is 4.88. The summed E-state index contributed by atoms with van der Waals surface area (Å²) in [5.74, 6) is -0.443. The van der Waals surface area contributed by atoms with Crippen molar-refractivity contribution < 1.29 is 30.1 Å². The standard InChI is InChI=1S/C20H53NO7Si6.C5H13N.C2H4/c1-14-15-16-17-23-19-34(13,27-32(10,11)25-30(5,6)7)28-33(12,18-20(21)22)26-31(8,9)24-29(2,3)4;1-4-5-6(2)3;1-2/h14-19H2,1-13H3,(H2,21,22);4-5H2,1-3H3;1-2H2.